The lowest BCUT2D eigenvalue weighted by Gasteiger charge is -2.07. The molecule has 1 aromatic heterocycles. The fraction of sp³-hybridized carbons (Fsp3) is 0.0769. The van der Waals surface area contributed by atoms with Gasteiger partial charge in [0, 0.05) is 18.6 Å². The van der Waals surface area contributed by atoms with Gasteiger partial charge < -0.3 is 19.7 Å². The molecule has 0 saturated heterocycles. The minimum absolute atomic E-state index is 0.01000. The fourth-order valence-electron chi connectivity index (χ4n) is 2.24. The molecule has 21 heavy (non-hydrogen) atoms. The van der Waals surface area contributed by atoms with Crippen LogP contribution in [0, 0.1) is 0 Å². The summed E-state index contributed by atoms with van der Waals surface area (Å²) in [6.07, 6.45) is 1.22. The zero-order chi connectivity index (χ0) is 15.3. The summed E-state index contributed by atoms with van der Waals surface area (Å²) in [4.78, 5) is 12.0. The summed E-state index contributed by atoms with van der Waals surface area (Å²) in [5.74, 6) is -1.51. The van der Waals surface area contributed by atoms with Crippen LogP contribution in [0.1, 0.15) is 6.42 Å². The van der Waals surface area contributed by atoms with Gasteiger partial charge in [-0.15, -0.1) is 0 Å². The highest BCUT2D eigenvalue weighted by Gasteiger charge is 2.19. The van der Waals surface area contributed by atoms with Gasteiger partial charge in [-0.2, -0.15) is 8.42 Å². The number of hydrogen-bond acceptors (Lipinski definition) is 7. The number of rotatable bonds is 0. The number of benzene rings is 1. The summed E-state index contributed by atoms with van der Waals surface area (Å²) in [7, 11) is -2.68. The Morgan fingerprint density at radius 1 is 1.14 bits per heavy atom. The fourth-order valence-corrected chi connectivity index (χ4v) is 2.72. The molecule has 108 valence electrons. The lowest BCUT2D eigenvalue weighted by molar-refractivity contribution is 0.450. The van der Waals surface area contributed by atoms with Crippen LogP contribution in [-0.2, 0) is 10.3 Å². The number of phenolic OH excluding ortho intramolecular Hbond substituents is 2. The van der Waals surface area contributed by atoms with E-state index in [0.717, 1.165) is 12.1 Å². The molecule has 8 heteroatoms. The predicted molar refractivity (Wildman–Crippen MR) is 74.1 cm³/mol. The standard InChI is InChI=1S/C13H8O7S/c14-5-3-6(15)10-8(4-5)20-7-1-2-9(21(18)19)12(16)11(7)13(10)17/h1,3-4,14-16H,2H2. The van der Waals surface area contributed by atoms with Gasteiger partial charge in [-0.1, -0.05) is 0 Å². The molecule has 0 bridgehead atoms. The van der Waals surface area contributed by atoms with E-state index in [-0.39, 0.29) is 38.6 Å². The Morgan fingerprint density at radius 3 is 2.52 bits per heavy atom. The van der Waals surface area contributed by atoms with Crippen molar-refractivity contribution in [1.82, 2.24) is 0 Å². The second kappa shape index (κ2) is 4.38. The first-order chi connectivity index (χ1) is 9.90. The van der Waals surface area contributed by atoms with Gasteiger partial charge in [0.1, 0.15) is 43.7 Å². The third-order valence-electron chi connectivity index (χ3n) is 3.16. The van der Waals surface area contributed by atoms with E-state index in [9.17, 15) is 28.5 Å². The minimum atomic E-state index is -2.68. The highest BCUT2D eigenvalue weighted by Crippen LogP contribution is 2.25. The van der Waals surface area contributed by atoms with Crippen molar-refractivity contribution >= 4 is 38.0 Å². The Balaban J connectivity index is 2.68. The van der Waals surface area contributed by atoms with E-state index in [4.69, 9.17) is 4.42 Å². The molecule has 0 unspecified atom stereocenters. The Hall–Kier alpha value is -2.74. The van der Waals surface area contributed by atoms with Crippen LogP contribution in [0.25, 0.3) is 22.8 Å². The van der Waals surface area contributed by atoms with Crippen LogP contribution in [0.2, 0.25) is 0 Å². The lowest BCUT2D eigenvalue weighted by atomic mass is 10.1. The SMILES string of the molecule is O=c1c2c(oc3cc(O)cc(O)c13)=CCC(=S(=O)=O)C=2O. The average molecular weight is 308 g/mol. The number of aromatic hydroxyl groups is 2. The molecule has 2 aromatic rings. The number of hydrogen-bond donors (Lipinski definition) is 3. The van der Waals surface area contributed by atoms with E-state index in [1.165, 1.54) is 6.08 Å². The zero-order valence-electron chi connectivity index (χ0n) is 10.3. The molecular weight excluding hydrogens is 300 g/mol. The van der Waals surface area contributed by atoms with Gasteiger partial charge in [-0.25, -0.2) is 0 Å². The van der Waals surface area contributed by atoms with Crippen molar-refractivity contribution in [2.45, 2.75) is 6.42 Å². The highest BCUT2D eigenvalue weighted by atomic mass is 32.2. The smallest absolute Gasteiger partial charge is 0.221 e. The highest BCUT2D eigenvalue weighted by molar-refractivity contribution is 7.74. The Kier molecular flexibility index (Phi) is 2.77. The van der Waals surface area contributed by atoms with Crippen molar-refractivity contribution < 1.29 is 28.2 Å². The maximum absolute atomic E-state index is 12.4. The van der Waals surface area contributed by atoms with Crippen LogP contribution in [0.4, 0.5) is 0 Å². The molecule has 0 spiro atoms. The molecule has 0 atom stereocenters. The first-order valence-electron chi connectivity index (χ1n) is 5.78. The summed E-state index contributed by atoms with van der Waals surface area (Å²) in [6, 6.07) is 2.10. The Morgan fingerprint density at radius 2 is 1.86 bits per heavy atom. The number of fused-ring (bicyclic) bond motifs is 2. The van der Waals surface area contributed by atoms with E-state index in [1.54, 1.807) is 0 Å². The van der Waals surface area contributed by atoms with Crippen molar-refractivity contribution in [2.24, 2.45) is 0 Å². The molecule has 1 aliphatic rings. The molecule has 3 N–H and O–H groups in total. The minimum Gasteiger partial charge on any atom is -0.508 e. The number of phenols is 2. The molecular formula is C13H8O7S. The maximum Gasteiger partial charge on any atom is 0.221 e. The summed E-state index contributed by atoms with van der Waals surface area (Å²) in [5.41, 5.74) is -0.851. The van der Waals surface area contributed by atoms with Gasteiger partial charge >= 0.3 is 0 Å². The van der Waals surface area contributed by atoms with E-state index in [2.05, 4.69) is 0 Å². The Labute approximate surface area is 117 Å². The van der Waals surface area contributed by atoms with Gasteiger partial charge in [-0.05, 0) is 6.08 Å². The molecule has 1 aliphatic carbocycles. The maximum atomic E-state index is 12.4. The van der Waals surface area contributed by atoms with Crippen LogP contribution in [0.5, 0.6) is 11.5 Å². The number of aliphatic hydroxyl groups is 1. The van der Waals surface area contributed by atoms with Crippen molar-refractivity contribution in [1.29, 1.82) is 0 Å². The largest absolute Gasteiger partial charge is 0.508 e. The molecule has 1 aromatic carbocycles. The second-order valence-corrected chi connectivity index (χ2v) is 5.39. The van der Waals surface area contributed by atoms with Crippen LogP contribution < -0.4 is 16.1 Å². The third-order valence-corrected chi connectivity index (χ3v) is 3.92. The van der Waals surface area contributed by atoms with Crippen LogP contribution in [0.15, 0.2) is 21.3 Å². The molecule has 1 heterocycles. The lowest BCUT2D eigenvalue weighted by Crippen LogP contribution is -2.44. The molecule has 0 radical (unpaired) electrons. The molecule has 0 aliphatic heterocycles. The van der Waals surface area contributed by atoms with Crippen LogP contribution in [-0.4, -0.2) is 28.6 Å². The first kappa shape index (κ1) is 13.3. The third kappa shape index (κ3) is 1.88. The Bertz CT molecular complexity index is 1100. The van der Waals surface area contributed by atoms with Gasteiger partial charge in [0.25, 0.3) is 0 Å². The van der Waals surface area contributed by atoms with Crippen molar-refractivity contribution in [2.75, 3.05) is 0 Å². The van der Waals surface area contributed by atoms with E-state index >= 15 is 0 Å². The molecule has 0 amide bonds. The molecule has 0 fully saturated rings. The quantitative estimate of drug-likeness (QED) is 0.539. The van der Waals surface area contributed by atoms with Crippen molar-refractivity contribution in [3.63, 3.8) is 0 Å². The van der Waals surface area contributed by atoms with Gasteiger partial charge in [-0.3, -0.25) is 4.79 Å². The van der Waals surface area contributed by atoms with Crippen LogP contribution >= 0.6 is 0 Å². The molecule has 7 nitrogen and oxygen atoms in total. The van der Waals surface area contributed by atoms with Gasteiger partial charge in [0.05, 0.1) is 0 Å². The second-order valence-electron chi connectivity index (χ2n) is 4.42. The van der Waals surface area contributed by atoms with Crippen molar-refractivity contribution in [3.05, 3.63) is 33.0 Å². The normalized spacial score (nSPS) is 13.9. The monoisotopic (exact) mass is 308 g/mol. The topological polar surface area (TPSA) is 125 Å². The van der Waals surface area contributed by atoms with E-state index < -0.39 is 27.2 Å². The average Bonchev–Trinajstić information content (AvgIpc) is 2.36. The van der Waals surface area contributed by atoms with E-state index in [0.29, 0.717) is 0 Å². The van der Waals surface area contributed by atoms with Crippen LogP contribution in [0.3, 0.4) is 0 Å². The van der Waals surface area contributed by atoms with E-state index in [1.807, 2.05) is 0 Å². The summed E-state index contributed by atoms with van der Waals surface area (Å²) in [6.45, 7) is 0. The van der Waals surface area contributed by atoms with Gasteiger partial charge in [0.2, 0.25) is 15.7 Å². The first-order valence-corrected chi connectivity index (χ1v) is 6.85. The van der Waals surface area contributed by atoms with Gasteiger partial charge in [0.15, 0.2) is 0 Å². The zero-order valence-corrected chi connectivity index (χ0v) is 11.1. The summed E-state index contributed by atoms with van der Waals surface area (Å²) in [5, 5.41) is 28.5. The predicted octanol–water partition coefficient (Wildman–Crippen LogP) is -0.894. The van der Waals surface area contributed by atoms with Crippen molar-refractivity contribution in [3.8, 4) is 11.5 Å². The summed E-state index contributed by atoms with van der Waals surface area (Å²) < 4.78 is 27.4. The number of aliphatic hydroxyl groups excluding tert-OH is 1. The summed E-state index contributed by atoms with van der Waals surface area (Å²) >= 11 is 0. The molecule has 3 rings (SSSR count). The molecule has 0 saturated carbocycles.